The van der Waals surface area contributed by atoms with Crippen LogP contribution in [0.25, 0.3) is 43.6 Å². The number of H-pyrrole nitrogens is 1. The smallest absolute Gasteiger partial charge is 0.354 e. The third-order valence-corrected chi connectivity index (χ3v) is 6.35. The largest absolute Gasteiger partial charge is 0.364 e. The van der Waals surface area contributed by atoms with Crippen LogP contribution in [0.1, 0.15) is 11.1 Å². The number of fused-ring (bicyclic) bond motifs is 4. The molecule has 2 heterocycles. The molecule has 0 unspecified atom stereocenters. The van der Waals surface area contributed by atoms with E-state index in [1.54, 1.807) is 50.2 Å². The van der Waals surface area contributed by atoms with Crippen LogP contribution in [0.15, 0.2) is 58.1 Å². The van der Waals surface area contributed by atoms with Crippen LogP contribution in [0.4, 0.5) is 0 Å². The molecule has 30 heavy (non-hydrogen) atoms. The van der Waals surface area contributed by atoms with Gasteiger partial charge in [-0.05, 0) is 49.7 Å². The first kappa shape index (κ1) is 18.5. The van der Waals surface area contributed by atoms with Gasteiger partial charge in [0.25, 0.3) is 0 Å². The van der Waals surface area contributed by atoms with Crippen LogP contribution < -0.4 is 10.9 Å². The molecule has 0 saturated heterocycles. The lowest BCUT2D eigenvalue weighted by atomic mass is 10.00. The zero-order chi connectivity index (χ0) is 21.4. The Morgan fingerprint density at radius 2 is 1.60 bits per heavy atom. The summed E-state index contributed by atoms with van der Waals surface area (Å²) in [7, 11) is -4.77. The lowest BCUT2D eigenvalue weighted by Crippen LogP contribution is -2.20. The van der Waals surface area contributed by atoms with E-state index < -0.39 is 10.3 Å². The Morgan fingerprint density at radius 3 is 2.33 bits per heavy atom. The standard InChI is InChI=1S/C22H16N2O5S/c1-11-7-8-18-14(9-11)21(25)15-10-17-19(12(2)20(15)24(18)30(27,28)29)22(26)13-5-3-4-6-16(13)23-17/h3-10H,1-2H3,(H,23,26)(H,27,28,29). The summed E-state index contributed by atoms with van der Waals surface area (Å²) in [4.78, 5) is 29.6. The molecule has 0 atom stereocenters. The Labute approximate surface area is 170 Å². The highest BCUT2D eigenvalue weighted by atomic mass is 32.2. The van der Waals surface area contributed by atoms with Crippen molar-refractivity contribution in [2.45, 2.75) is 13.8 Å². The SMILES string of the molecule is Cc1ccc2c(c1)c(=O)c1cc3[nH]c4ccccc4c(=O)c3c(C)c1n2S(=O)(=O)O. The fourth-order valence-electron chi connectivity index (χ4n) is 4.22. The van der Waals surface area contributed by atoms with Crippen molar-refractivity contribution in [3.63, 3.8) is 0 Å². The molecule has 0 aliphatic rings. The molecule has 0 bridgehead atoms. The average Bonchev–Trinajstić information content (AvgIpc) is 2.68. The summed E-state index contributed by atoms with van der Waals surface area (Å²) in [5.41, 5.74) is 1.51. The Balaban J connectivity index is 2.19. The van der Waals surface area contributed by atoms with Crippen LogP contribution in [-0.4, -0.2) is 21.9 Å². The molecule has 5 aromatic rings. The van der Waals surface area contributed by atoms with Crippen LogP contribution >= 0.6 is 0 Å². The predicted octanol–water partition coefficient (Wildman–Crippen LogP) is 3.42. The fraction of sp³-hybridized carbons (Fsp3) is 0.0909. The van der Waals surface area contributed by atoms with Gasteiger partial charge in [-0.3, -0.25) is 14.1 Å². The van der Waals surface area contributed by atoms with Gasteiger partial charge in [0.2, 0.25) is 0 Å². The zero-order valence-corrected chi connectivity index (χ0v) is 16.9. The van der Waals surface area contributed by atoms with Gasteiger partial charge in [0.15, 0.2) is 10.9 Å². The molecule has 150 valence electrons. The number of nitrogens with one attached hydrogen (secondary N) is 1. The van der Waals surface area contributed by atoms with E-state index in [1.807, 2.05) is 0 Å². The summed E-state index contributed by atoms with van der Waals surface area (Å²) in [6, 6.07) is 13.2. The third-order valence-electron chi connectivity index (χ3n) is 5.51. The minimum Gasteiger partial charge on any atom is -0.354 e. The Bertz CT molecular complexity index is 1780. The van der Waals surface area contributed by atoms with Crippen molar-refractivity contribution < 1.29 is 13.0 Å². The quantitative estimate of drug-likeness (QED) is 0.319. The number of hydrogen-bond donors (Lipinski definition) is 2. The maximum Gasteiger partial charge on any atom is 0.364 e. The van der Waals surface area contributed by atoms with Gasteiger partial charge in [0.05, 0.1) is 21.9 Å². The number of aromatic nitrogens is 2. The van der Waals surface area contributed by atoms with E-state index in [1.165, 1.54) is 12.1 Å². The third kappa shape index (κ3) is 2.44. The van der Waals surface area contributed by atoms with E-state index in [0.717, 1.165) is 9.54 Å². The van der Waals surface area contributed by atoms with Gasteiger partial charge in [-0.1, -0.05) is 23.8 Å². The van der Waals surface area contributed by atoms with Crippen molar-refractivity contribution in [2.75, 3.05) is 0 Å². The number of para-hydroxylation sites is 1. The zero-order valence-electron chi connectivity index (χ0n) is 16.1. The molecule has 5 rings (SSSR count). The van der Waals surface area contributed by atoms with Gasteiger partial charge in [0, 0.05) is 21.7 Å². The predicted molar refractivity (Wildman–Crippen MR) is 118 cm³/mol. The average molecular weight is 420 g/mol. The Kier molecular flexibility index (Phi) is 3.71. The monoisotopic (exact) mass is 420 g/mol. The number of rotatable bonds is 1. The van der Waals surface area contributed by atoms with Crippen molar-refractivity contribution in [1.29, 1.82) is 0 Å². The van der Waals surface area contributed by atoms with Crippen LogP contribution in [0.2, 0.25) is 0 Å². The second-order valence-electron chi connectivity index (χ2n) is 7.41. The van der Waals surface area contributed by atoms with Crippen molar-refractivity contribution in [3.05, 3.63) is 80.1 Å². The molecule has 3 aromatic carbocycles. The lowest BCUT2D eigenvalue weighted by Gasteiger charge is -2.16. The lowest BCUT2D eigenvalue weighted by molar-refractivity contribution is 0.476. The summed E-state index contributed by atoms with van der Waals surface area (Å²) in [5.74, 6) is 0. The molecule has 0 aliphatic heterocycles. The second kappa shape index (κ2) is 6.01. The van der Waals surface area contributed by atoms with E-state index in [2.05, 4.69) is 4.98 Å². The van der Waals surface area contributed by atoms with Crippen LogP contribution in [0, 0.1) is 13.8 Å². The van der Waals surface area contributed by atoms with Gasteiger partial charge in [-0.2, -0.15) is 8.42 Å². The molecular formula is C22H16N2O5S. The van der Waals surface area contributed by atoms with Gasteiger partial charge in [-0.25, -0.2) is 3.97 Å². The summed E-state index contributed by atoms with van der Waals surface area (Å²) >= 11 is 0. The molecule has 2 aromatic heterocycles. The Hall–Kier alpha value is -3.49. The second-order valence-corrected chi connectivity index (χ2v) is 8.67. The summed E-state index contributed by atoms with van der Waals surface area (Å²) in [6.07, 6.45) is 0. The number of nitrogens with zero attached hydrogens (tertiary/aromatic N) is 1. The minimum atomic E-state index is -4.77. The molecule has 0 spiro atoms. The number of benzene rings is 3. The van der Waals surface area contributed by atoms with E-state index >= 15 is 0 Å². The van der Waals surface area contributed by atoms with E-state index in [-0.39, 0.29) is 38.0 Å². The number of pyridine rings is 2. The Morgan fingerprint density at radius 1 is 0.867 bits per heavy atom. The highest BCUT2D eigenvalue weighted by Crippen LogP contribution is 2.29. The summed E-state index contributed by atoms with van der Waals surface area (Å²) < 4.78 is 35.5. The molecule has 0 amide bonds. The first-order valence-corrected chi connectivity index (χ1v) is 10.6. The molecule has 0 fully saturated rings. The van der Waals surface area contributed by atoms with E-state index in [9.17, 15) is 22.6 Å². The van der Waals surface area contributed by atoms with E-state index in [4.69, 9.17) is 0 Å². The maximum absolute atomic E-state index is 13.3. The van der Waals surface area contributed by atoms with Crippen LogP contribution in [-0.2, 0) is 10.3 Å². The highest BCUT2D eigenvalue weighted by Gasteiger charge is 2.22. The summed E-state index contributed by atoms with van der Waals surface area (Å²) in [6.45, 7) is 3.37. The van der Waals surface area contributed by atoms with Crippen molar-refractivity contribution in [2.24, 2.45) is 0 Å². The number of aromatic amines is 1. The normalized spacial score (nSPS) is 12.4. The first-order valence-electron chi connectivity index (χ1n) is 9.20. The topological polar surface area (TPSA) is 109 Å². The van der Waals surface area contributed by atoms with Gasteiger partial charge in [-0.15, -0.1) is 0 Å². The molecule has 2 N–H and O–H groups in total. The molecule has 0 radical (unpaired) electrons. The number of hydrogen-bond acceptors (Lipinski definition) is 4. The number of aryl methyl sites for hydroxylation is 2. The van der Waals surface area contributed by atoms with Gasteiger partial charge in [0.1, 0.15) is 0 Å². The van der Waals surface area contributed by atoms with Crippen LogP contribution in [0.5, 0.6) is 0 Å². The maximum atomic E-state index is 13.3. The van der Waals surface area contributed by atoms with Crippen molar-refractivity contribution >= 4 is 53.9 Å². The minimum absolute atomic E-state index is 0.00728. The first-order chi connectivity index (χ1) is 14.2. The molecule has 0 aliphatic carbocycles. The van der Waals surface area contributed by atoms with Crippen molar-refractivity contribution in [3.8, 4) is 0 Å². The molecule has 8 heteroatoms. The molecule has 7 nitrogen and oxygen atoms in total. The highest BCUT2D eigenvalue weighted by molar-refractivity contribution is 7.84. The summed E-state index contributed by atoms with van der Waals surface area (Å²) in [5, 5.41) is 0.984. The fourth-order valence-corrected chi connectivity index (χ4v) is 5.09. The van der Waals surface area contributed by atoms with E-state index in [0.29, 0.717) is 22.0 Å². The van der Waals surface area contributed by atoms with Crippen LogP contribution in [0.3, 0.4) is 0 Å². The van der Waals surface area contributed by atoms with Gasteiger partial charge < -0.3 is 4.98 Å². The molecule has 0 saturated carbocycles. The van der Waals surface area contributed by atoms with Crippen molar-refractivity contribution in [1.82, 2.24) is 8.96 Å². The van der Waals surface area contributed by atoms with Gasteiger partial charge >= 0.3 is 10.3 Å². The molecular weight excluding hydrogens is 404 g/mol.